The summed E-state index contributed by atoms with van der Waals surface area (Å²) in [7, 11) is -3.82. The van der Waals surface area contributed by atoms with Crippen LogP contribution in [-0.2, 0) is 21.2 Å². The quantitative estimate of drug-likeness (QED) is 0.346. The third kappa shape index (κ3) is 6.21. The lowest BCUT2D eigenvalue weighted by Crippen LogP contribution is -2.16. The van der Waals surface area contributed by atoms with Gasteiger partial charge in [-0.1, -0.05) is 29.4 Å². The zero-order valence-corrected chi connectivity index (χ0v) is 20.2. The average molecular weight is 491 g/mol. The molecule has 32 heavy (non-hydrogen) atoms. The zero-order chi connectivity index (χ0) is 23.3. The average Bonchev–Trinajstić information content (AvgIpc) is 2.74. The van der Waals surface area contributed by atoms with Crippen LogP contribution in [0, 0.1) is 13.8 Å². The second kappa shape index (κ2) is 10.3. The fourth-order valence-corrected chi connectivity index (χ4v) is 4.78. The highest BCUT2D eigenvalue weighted by atomic mass is 35.5. The molecule has 0 saturated heterocycles. The van der Waals surface area contributed by atoms with E-state index in [1.165, 1.54) is 23.9 Å². The molecule has 0 fully saturated rings. The van der Waals surface area contributed by atoms with Crippen molar-refractivity contribution in [3.05, 3.63) is 70.5 Å². The number of nitrogens with zero attached hydrogens (tertiary/aromatic N) is 2. The third-order valence-corrected chi connectivity index (χ3v) is 6.89. The number of amides is 1. The second-order valence-electron chi connectivity index (χ2n) is 7.05. The Hall–Kier alpha value is -2.62. The molecule has 2 N–H and O–H groups in total. The highest BCUT2D eigenvalue weighted by molar-refractivity contribution is 7.98. The van der Waals surface area contributed by atoms with Crippen LogP contribution < -0.4 is 10.0 Å². The number of rotatable bonds is 8. The van der Waals surface area contributed by atoms with Crippen molar-refractivity contribution >= 4 is 50.7 Å². The number of benzene rings is 2. The van der Waals surface area contributed by atoms with Gasteiger partial charge >= 0.3 is 0 Å². The number of halogens is 1. The largest absolute Gasteiger partial charge is 0.326 e. The molecule has 2 aromatic carbocycles. The fraction of sp³-hybridized carbons (Fsp3) is 0.227. The highest BCUT2D eigenvalue weighted by Crippen LogP contribution is 2.21. The molecule has 0 saturated carbocycles. The summed E-state index contributed by atoms with van der Waals surface area (Å²) in [4.78, 5) is 21.4. The molecule has 0 radical (unpaired) electrons. The number of carbonyl (C=O) groups excluding carboxylic acids is 1. The first-order chi connectivity index (χ1) is 15.2. The van der Waals surface area contributed by atoms with Crippen LogP contribution in [-0.4, -0.2) is 30.5 Å². The molecule has 0 aliphatic heterocycles. The number of hydrogen-bond donors (Lipinski definition) is 2. The lowest BCUT2D eigenvalue weighted by molar-refractivity contribution is -0.116. The maximum Gasteiger partial charge on any atom is 0.261 e. The molecule has 3 aromatic rings. The van der Waals surface area contributed by atoms with Crippen molar-refractivity contribution in [3.8, 4) is 0 Å². The summed E-state index contributed by atoms with van der Waals surface area (Å²) in [5, 5.41) is 3.98. The summed E-state index contributed by atoms with van der Waals surface area (Å²) in [6, 6.07) is 12.4. The Balaban J connectivity index is 1.66. The van der Waals surface area contributed by atoms with Crippen LogP contribution in [0.2, 0.25) is 5.02 Å². The van der Waals surface area contributed by atoms with E-state index in [0.717, 1.165) is 17.0 Å². The van der Waals surface area contributed by atoms with Crippen molar-refractivity contribution in [3.63, 3.8) is 0 Å². The van der Waals surface area contributed by atoms with Crippen LogP contribution in [0.5, 0.6) is 0 Å². The Morgan fingerprint density at radius 2 is 1.69 bits per heavy atom. The Labute approximate surface area is 197 Å². The number of nitrogens with one attached hydrogen (secondary N) is 2. The number of sulfonamides is 1. The van der Waals surface area contributed by atoms with Gasteiger partial charge in [0, 0.05) is 34.2 Å². The monoisotopic (exact) mass is 490 g/mol. The molecule has 0 bridgehead atoms. The standard InChI is InChI=1S/C22H23ClN4O3S2/c1-14-20(15(2)25-22(24-14)31-3)11-12-21(28)26-18-5-4-6-19(13-18)32(29,30)27-17-9-7-16(23)8-10-17/h4-10,13,27H,11-12H2,1-3H3,(H,26,28). The van der Waals surface area contributed by atoms with Crippen molar-refractivity contribution in [1.82, 2.24) is 9.97 Å². The van der Waals surface area contributed by atoms with Gasteiger partial charge in [0.25, 0.3) is 10.0 Å². The lowest BCUT2D eigenvalue weighted by Gasteiger charge is -2.12. The van der Waals surface area contributed by atoms with Crippen molar-refractivity contribution < 1.29 is 13.2 Å². The molecule has 3 rings (SSSR count). The Morgan fingerprint density at radius 1 is 1.03 bits per heavy atom. The minimum absolute atomic E-state index is 0.0398. The van der Waals surface area contributed by atoms with Gasteiger partial charge in [0.15, 0.2) is 5.16 Å². The molecule has 7 nitrogen and oxygen atoms in total. The molecule has 1 amide bonds. The maximum atomic E-state index is 12.7. The Kier molecular flexibility index (Phi) is 7.76. The van der Waals surface area contributed by atoms with E-state index in [1.54, 1.807) is 36.4 Å². The van der Waals surface area contributed by atoms with Gasteiger partial charge in [0.05, 0.1) is 4.90 Å². The van der Waals surface area contributed by atoms with Crippen LogP contribution in [0.4, 0.5) is 11.4 Å². The smallest absolute Gasteiger partial charge is 0.261 e. The molecular formula is C22H23ClN4O3S2. The number of carbonyl (C=O) groups is 1. The Morgan fingerprint density at radius 3 is 2.31 bits per heavy atom. The molecule has 0 aliphatic carbocycles. The van der Waals surface area contributed by atoms with Crippen LogP contribution in [0.1, 0.15) is 23.4 Å². The molecule has 0 aliphatic rings. The summed E-state index contributed by atoms with van der Waals surface area (Å²) in [6.07, 6.45) is 2.64. The molecule has 1 heterocycles. The molecule has 1 aromatic heterocycles. The summed E-state index contributed by atoms with van der Waals surface area (Å²) < 4.78 is 27.9. The summed E-state index contributed by atoms with van der Waals surface area (Å²) >= 11 is 7.31. The zero-order valence-electron chi connectivity index (χ0n) is 17.8. The Bertz CT molecular complexity index is 1210. The molecule has 0 unspecified atom stereocenters. The van der Waals surface area contributed by atoms with E-state index < -0.39 is 10.0 Å². The lowest BCUT2D eigenvalue weighted by atomic mass is 10.1. The van der Waals surface area contributed by atoms with Crippen LogP contribution >= 0.6 is 23.4 Å². The molecule has 0 spiro atoms. The van der Waals surface area contributed by atoms with E-state index in [0.29, 0.717) is 28.0 Å². The summed E-state index contributed by atoms with van der Waals surface area (Å²) in [5.74, 6) is -0.224. The van der Waals surface area contributed by atoms with Crippen molar-refractivity contribution in [2.75, 3.05) is 16.3 Å². The minimum Gasteiger partial charge on any atom is -0.326 e. The molecule has 0 atom stereocenters. The third-order valence-electron chi connectivity index (χ3n) is 4.71. The maximum absolute atomic E-state index is 12.7. The van der Waals surface area contributed by atoms with Gasteiger partial charge in [0.1, 0.15) is 0 Å². The van der Waals surface area contributed by atoms with Gasteiger partial charge in [-0.2, -0.15) is 0 Å². The fourth-order valence-electron chi connectivity index (χ4n) is 3.10. The molecular weight excluding hydrogens is 468 g/mol. The number of hydrogen-bond acceptors (Lipinski definition) is 6. The SMILES string of the molecule is CSc1nc(C)c(CCC(=O)Nc2cccc(S(=O)(=O)Nc3ccc(Cl)cc3)c2)c(C)n1. The molecule has 168 valence electrons. The normalized spacial score (nSPS) is 11.2. The van der Waals surface area contributed by atoms with E-state index in [1.807, 2.05) is 20.1 Å². The second-order valence-corrected chi connectivity index (χ2v) is 9.94. The first-order valence-corrected chi connectivity index (χ1v) is 12.8. The van der Waals surface area contributed by atoms with Crippen molar-refractivity contribution in [1.29, 1.82) is 0 Å². The number of anilines is 2. The number of aromatic nitrogens is 2. The first-order valence-electron chi connectivity index (χ1n) is 9.74. The molecule has 10 heteroatoms. The van der Waals surface area contributed by atoms with Gasteiger partial charge in [-0.25, -0.2) is 18.4 Å². The first kappa shape index (κ1) is 24.0. The highest BCUT2D eigenvalue weighted by Gasteiger charge is 2.16. The van der Waals surface area contributed by atoms with E-state index in [9.17, 15) is 13.2 Å². The van der Waals surface area contributed by atoms with Crippen LogP contribution in [0.3, 0.4) is 0 Å². The number of aryl methyl sites for hydroxylation is 2. The van der Waals surface area contributed by atoms with Crippen LogP contribution in [0.15, 0.2) is 58.6 Å². The van der Waals surface area contributed by atoms with E-state index >= 15 is 0 Å². The van der Waals surface area contributed by atoms with Crippen molar-refractivity contribution in [2.24, 2.45) is 0 Å². The van der Waals surface area contributed by atoms with Gasteiger partial charge in [-0.05, 0) is 74.6 Å². The summed E-state index contributed by atoms with van der Waals surface area (Å²) in [5.41, 5.74) is 3.45. The predicted octanol–water partition coefficient (Wildman–Crippen LogP) is 4.84. The van der Waals surface area contributed by atoms with Crippen molar-refractivity contribution in [2.45, 2.75) is 36.7 Å². The summed E-state index contributed by atoms with van der Waals surface area (Å²) in [6.45, 7) is 3.81. The van der Waals surface area contributed by atoms with Gasteiger partial charge in [0.2, 0.25) is 5.91 Å². The van der Waals surface area contributed by atoms with E-state index in [-0.39, 0.29) is 17.2 Å². The van der Waals surface area contributed by atoms with Gasteiger partial charge < -0.3 is 5.32 Å². The van der Waals surface area contributed by atoms with E-state index in [4.69, 9.17) is 11.6 Å². The predicted molar refractivity (Wildman–Crippen MR) is 129 cm³/mol. The van der Waals surface area contributed by atoms with Gasteiger partial charge in [-0.3, -0.25) is 9.52 Å². The topological polar surface area (TPSA) is 101 Å². The van der Waals surface area contributed by atoms with E-state index in [2.05, 4.69) is 20.0 Å². The minimum atomic E-state index is -3.82. The van der Waals surface area contributed by atoms with Crippen LogP contribution in [0.25, 0.3) is 0 Å². The van der Waals surface area contributed by atoms with Gasteiger partial charge in [-0.15, -0.1) is 0 Å². The number of thioether (sulfide) groups is 1.